The summed E-state index contributed by atoms with van der Waals surface area (Å²) in [5.41, 5.74) is -2.86. The van der Waals surface area contributed by atoms with Gasteiger partial charge in [-0.2, -0.15) is 9.13 Å². The zero-order valence-electron chi connectivity index (χ0n) is 31.1. The predicted octanol–water partition coefficient (Wildman–Crippen LogP) is 7.78. The Hall–Kier alpha value is -6.82. The van der Waals surface area contributed by atoms with Crippen LogP contribution in [0.3, 0.4) is 0 Å². The Balaban J connectivity index is 0.000000199. The normalized spacial score (nSPS) is 12.3. The number of halogens is 9. The summed E-state index contributed by atoms with van der Waals surface area (Å²) >= 11 is 0. The first-order chi connectivity index (χ1) is 26.9. The lowest BCUT2D eigenvalue weighted by molar-refractivity contribution is -0.275. The number of alkyl halides is 9. The number of hydrogen-bond donors (Lipinski definition) is 4. The van der Waals surface area contributed by atoms with Crippen molar-refractivity contribution in [1.82, 2.24) is 29.1 Å². The van der Waals surface area contributed by atoms with Crippen LogP contribution < -0.4 is 31.3 Å². The van der Waals surface area contributed by atoms with E-state index < -0.39 is 71.0 Å². The molecule has 25 heteroatoms. The quantitative estimate of drug-likeness (QED) is 0.127. The second-order valence-corrected chi connectivity index (χ2v) is 13.8. The molecule has 0 spiro atoms. The number of fused-ring (bicyclic) bond motifs is 3. The second kappa shape index (κ2) is 16.2. The number of carbonyl (C=O) groups excluding carboxylic acids is 2. The number of hydrogen-bond acceptors (Lipinski definition) is 10. The number of rotatable bonds is 3. The van der Waals surface area contributed by atoms with Gasteiger partial charge in [0.05, 0.1) is 33.1 Å². The zero-order valence-corrected chi connectivity index (χ0v) is 31.1. The van der Waals surface area contributed by atoms with E-state index in [0.717, 1.165) is 42.5 Å². The first kappa shape index (κ1) is 44.9. The lowest BCUT2D eigenvalue weighted by atomic mass is 10.2. The van der Waals surface area contributed by atoms with Gasteiger partial charge in [0.15, 0.2) is 0 Å². The maximum atomic E-state index is 12.2. The Kier molecular flexibility index (Phi) is 12.3. The molecular formula is C34H31F9N6O10. The van der Waals surface area contributed by atoms with E-state index in [2.05, 4.69) is 34.1 Å². The fraction of sp³-hybridized carbons (Fsp3) is 0.324. The van der Waals surface area contributed by atoms with Crippen molar-refractivity contribution >= 4 is 45.3 Å². The largest absolute Gasteiger partial charge is 0.573 e. The minimum absolute atomic E-state index is 0.0256. The van der Waals surface area contributed by atoms with Crippen molar-refractivity contribution in [2.24, 2.45) is 0 Å². The van der Waals surface area contributed by atoms with Crippen molar-refractivity contribution in [3.05, 3.63) is 86.1 Å². The van der Waals surface area contributed by atoms with Crippen LogP contribution in [-0.2, 0) is 9.47 Å². The molecule has 0 saturated heterocycles. The van der Waals surface area contributed by atoms with E-state index in [1.54, 1.807) is 41.5 Å². The lowest BCUT2D eigenvalue weighted by Crippen LogP contribution is -2.32. The molecule has 0 unspecified atom stereocenters. The maximum Gasteiger partial charge on any atom is 0.573 e. The molecule has 0 aliphatic carbocycles. The zero-order chi connectivity index (χ0) is 44.5. The summed E-state index contributed by atoms with van der Waals surface area (Å²) in [7, 11) is 0. The average molecular weight is 855 g/mol. The van der Waals surface area contributed by atoms with E-state index in [1.165, 1.54) is 12.1 Å². The number of imidazole rings is 3. The molecule has 3 aromatic carbocycles. The molecule has 3 heterocycles. The van der Waals surface area contributed by atoms with Crippen LogP contribution >= 0.6 is 0 Å². The van der Waals surface area contributed by atoms with E-state index >= 15 is 0 Å². The highest BCUT2D eigenvalue weighted by atomic mass is 19.4. The summed E-state index contributed by atoms with van der Waals surface area (Å²) in [4.78, 5) is 67.8. The van der Waals surface area contributed by atoms with Crippen LogP contribution in [0.1, 0.15) is 41.5 Å². The number of carbonyl (C=O) groups is 2. The number of H-pyrrole nitrogens is 4. The molecule has 0 amide bonds. The highest BCUT2D eigenvalue weighted by Gasteiger charge is 2.33. The molecule has 16 nitrogen and oxygen atoms in total. The number of ether oxygens (including phenoxy) is 5. The minimum atomic E-state index is -4.87. The first-order valence-electron chi connectivity index (χ1n) is 16.3. The van der Waals surface area contributed by atoms with Gasteiger partial charge in [0.2, 0.25) is 0 Å². The van der Waals surface area contributed by atoms with E-state index in [4.69, 9.17) is 9.47 Å². The molecule has 6 rings (SSSR count). The third kappa shape index (κ3) is 13.1. The molecule has 320 valence electrons. The van der Waals surface area contributed by atoms with Gasteiger partial charge >= 0.3 is 48.3 Å². The van der Waals surface area contributed by atoms with Crippen molar-refractivity contribution in [3.63, 3.8) is 0 Å². The van der Waals surface area contributed by atoms with Gasteiger partial charge in [-0.25, -0.2) is 24.0 Å². The van der Waals surface area contributed by atoms with Gasteiger partial charge in [-0.3, -0.25) is 0 Å². The molecule has 59 heavy (non-hydrogen) atoms. The van der Waals surface area contributed by atoms with E-state index in [0.29, 0.717) is 14.7 Å². The van der Waals surface area contributed by atoms with Crippen LogP contribution in [0.15, 0.2) is 69.0 Å². The van der Waals surface area contributed by atoms with E-state index in [-0.39, 0.29) is 33.3 Å². The predicted molar refractivity (Wildman–Crippen MR) is 187 cm³/mol. The Labute approximate surface area is 322 Å². The molecule has 4 N–H and O–H groups in total. The molecule has 0 saturated carbocycles. The number of benzene rings is 3. The van der Waals surface area contributed by atoms with Gasteiger partial charge in [-0.15, -0.1) is 39.5 Å². The van der Waals surface area contributed by atoms with E-state index in [1.807, 2.05) is 0 Å². The SMILES string of the molecule is CC(C)(C)OC(=O)n1c(=O)[nH]c2cc(OC(F)(F)F)ccc21.CC(C)(C)OC(=O)n1c(=O)[nH]c2ccc(OC(F)(F)F)cc21.O=c1[nH]c2ccc(OC(F)(F)F)cc2[nH]1. The fourth-order valence-electron chi connectivity index (χ4n) is 4.75. The Morgan fingerprint density at radius 2 is 0.847 bits per heavy atom. The Bertz CT molecular complexity index is 2650. The lowest BCUT2D eigenvalue weighted by Gasteiger charge is -2.19. The highest BCUT2D eigenvalue weighted by Crippen LogP contribution is 2.28. The fourth-order valence-corrected chi connectivity index (χ4v) is 4.75. The van der Waals surface area contributed by atoms with Crippen LogP contribution in [0.25, 0.3) is 33.1 Å². The van der Waals surface area contributed by atoms with Crippen LogP contribution in [0.5, 0.6) is 17.2 Å². The van der Waals surface area contributed by atoms with Crippen LogP contribution in [0, 0.1) is 0 Å². The molecule has 0 fully saturated rings. The van der Waals surface area contributed by atoms with Gasteiger partial charge < -0.3 is 43.6 Å². The first-order valence-corrected chi connectivity index (χ1v) is 16.3. The average Bonchev–Trinajstić information content (AvgIpc) is 3.67. The van der Waals surface area contributed by atoms with Gasteiger partial charge in [-0.05, 0) is 77.9 Å². The maximum absolute atomic E-state index is 12.2. The summed E-state index contributed by atoms with van der Waals surface area (Å²) in [6.07, 6.45) is -16.4. The molecule has 3 aromatic heterocycles. The van der Waals surface area contributed by atoms with Gasteiger partial charge in [-0.1, -0.05) is 0 Å². The third-order valence-corrected chi connectivity index (χ3v) is 6.65. The molecule has 0 aliphatic rings. The molecule has 0 atom stereocenters. The number of aromatic amines is 4. The number of aromatic nitrogens is 6. The second-order valence-electron chi connectivity index (χ2n) is 13.8. The van der Waals surface area contributed by atoms with Crippen molar-refractivity contribution in [2.75, 3.05) is 0 Å². The summed E-state index contributed by atoms with van der Waals surface area (Å²) in [6.45, 7) is 9.68. The molecule has 0 bridgehead atoms. The van der Waals surface area contributed by atoms with Gasteiger partial charge in [0.1, 0.15) is 28.5 Å². The molecular weight excluding hydrogens is 823 g/mol. The highest BCUT2D eigenvalue weighted by molar-refractivity contribution is 5.88. The molecule has 0 aliphatic heterocycles. The minimum Gasteiger partial charge on any atom is -0.443 e. The molecule has 6 aromatic rings. The smallest absolute Gasteiger partial charge is 0.443 e. The number of nitrogens with zero attached hydrogens (tertiary/aromatic N) is 2. The Morgan fingerprint density at radius 3 is 1.31 bits per heavy atom. The standard InChI is InChI=1S/2C13H13F3N2O4.C8H5F3N2O2/c1-12(2,3)22-11(20)18-9-5-4-7(21-13(14,15)16)6-8(9)17-10(18)19;1-12(2,3)22-11(20)18-9-6-7(21-13(14,15)16)4-5-8(9)17-10(18)19;9-8(10,11)15-4-1-2-5-6(3-4)13-7(14)12-5/h2*4-6H,1-3H3,(H,17,19);1-3H,(H2,12,13,14). The van der Waals surface area contributed by atoms with Crippen LogP contribution in [0.2, 0.25) is 0 Å². The Morgan fingerprint density at radius 1 is 0.475 bits per heavy atom. The topological polar surface area (TPSA) is 205 Å². The summed E-state index contributed by atoms with van der Waals surface area (Å²) < 4.78 is 131. The van der Waals surface area contributed by atoms with Crippen LogP contribution in [0.4, 0.5) is 49.1 Å². The molecule has 0 radical (unpaired) electrons. The third-order valence-electron chi connectivity index (χ3n) is 6.65. The van der Waals surface area contributed by atoms with Crippen molar-refractivity contribution < 1.29 is 72.8 Å². The monoisotopic (exact) mass is 854 g/mol. The summed E-state index contributed by atoms with van der Waals surface area (Å²) in [5, 5.41) is 0. The summed E-state index contributed by atoms with van der Waals surface area (Å²) in [5.74, 6) is -1.42. The van der Waals surface area contributed by atoms with Crippen molar-refractivity contribution in [2.45, 2.75) is 71.8 Å². The summed E-state index contributed by atoms with van der Waals surface area (Å²) in [6, 6.07) is 9.87. The van der Waals surface area contributed by atoms with Gasteiger partial charge in [0.25, 0.3) is 0 Å². The van der Waals surface area contributed by atoms with Crippen molar-refractivity contribution in [3.8, 4) is 17.2 Å². The van der Waals surface area contributed by atoms with E-state index in [9.17, 15) is 63.5 Å². The van der Waals surface area contributed by atoms with Gasteiger partial charge in [0, 0.05) is 18.2 Å². The number of nitrogens with one attached hydrogen (secondary N) is 4. The van der Waals surface area contributed by atoms with Crippen molar-refractivity contribution in [1.29, 1.82) is 0 Å². The van der Waals surface area contributed by atoms with Crippen LogP contribution in [-0.4, -0.2) is 71.5 Å².